The topological polar surface area (TPSA) is 74.2 Å². The van der Waals surface area contributed by atoms with Crippen molar-refractivity contribution in [2.24, 2.45) is 0 Å². The molecule has 2 saturated heterocycles. The summed E-state index contributed by atoms with van der Waals surface area (Å²) in [4.78, 5) is 13.2. The normalized spacial score (nSPS) is 35.2. The van der Waals surface area contributed by atoms with Gasteiger partial charge in [-0.3, -0.25) is 4.79 Å². The first-order valence-electron chi connectivity index (χ1n) is 9.02. The van der Waals surface area contributed by atoms with E-state index in [4.69, 9.17) is 18.9 Å². The van der Waals surface area contributed by atoms with Gasteiger partial charge in [-0.2, -0.15) is 0 Å². The molecule has 2 heterocycles. The van der Waals surface area contributed by atoms with Gasteiger partial charge >= 0.3 is 0 Å². The van der Waals surface area contributed by atoms with Gasteiger partial charge in [0.05, 0.1) is 6.61 Å². The van der Waals surface area contributed by atoms with Gasteiger partial charge in [-0.25, -0.2) is 4.39 Å². The summed E-state index contributed by atoms with van der Waals surface area (Å²) in [5, 5.41) is 11.4. The van der Waals surface area contributed by atoms with Gasteiger partial charge in [-0.1, -0.05) is 60.7 Å². The molecule has 2 aliphatic heterocycles. The standard InChI is InChI=1S/C21H21FO6/c1-25-20-16(22)21(24,17(23)13-8-4-2-5-9-13)18-15(27-20)12-26-19(28-18)14-10-6-3-7-11-14/h2-11,15-16,18-20,24H,12H2,1H3/t15-,16+,18-,19?,20+,21-/m1/s1. The van der Waals surface area contributed by atoms with E-state index in [2.05, 4.69) is 0 Å². The molecule has 0 radical (unpaired) electrons. The van der Waals surface area contributed by atoms with Gasteiger partial charge in [0.25, 0.3) is 0 Å². The summed E-state index contributed by atoms with van der Waals surface area (Å²) in [5.74, 6) is -0.783. The number of aliphatic hydroxyl groups is 1. The number of carbonyl (C=O) groups excluding carboxylic acids is 1. The van der Waals surface area contributed by atoms with Crippen LogP contribution in [0.25, 0.3) is 0 Å². The number of halogens is 1. The van der Waals surface area contributed by atoms with Crippen LogP contribution in [-0.4, -0.2) is 54.9 Å². The SMILES string of the molecule is CO[C@H]1O[C@@H]2COC(c3ccccc3)O[C@H]2[C@](O)(C(=O)c2ccccc2)[C@H]1F. The Morgan fingerprint density at radius 3 is 2.39 bits per heavy atom. The van der Waals surface area contributed by atoms with Crippen molar-refractivity contribution in [1.82, 2.24) is 0 Å². The number of ether oxygens (including phenoxy) is 4. The van der Waals surface area contributed by atoms with E-state index in [1.54, 1.807) is 30.3 Å². The van der Waals surface area contributed by atoms with E-state index in [9.17, 15) is 9.90 Å². The molecule has 1 unspecified atom stereocenters. The third-order valence-corrected chi connectivity index (χ3v) is 5.13. The molecule has 0 amide bonds. The van der Waals surface area contributed by atoms with Crippen molar-refractivity contribution in [3.8, 4) is 0 Å². The van der Waals surface area contributed by atoms with E-state index < -0.39 is 42.3 Å². The Morgan fingerprint density at radius 1 is 1.11 bits per heavy atom. The Hall–Kier alpha value is -2.16. The summed E-state index contributed by atoms with van der Waals surface area (Å²) < 4.78 is 37.5. The average Bonchev–Trinajstić information content (AvgIpc) is 2.76. The molecule has 2 aromatic carbocycles. The maximum Gasteiger partial charge on any atom is 0.200 e. The summed E-state index contributed by atoms with van der Waals surface area (Å²) in [6.07, 6.45) is -6.54. The molecule has 28 heavy (non-hydrogen) atoms. The van der Waals surface area contributed by atoms with Gasteiger partial charge in [0.1, 0.15) is 12.2 Å². The Morgan fingerprint density at radius 2 is 1.75 bits per heavy atom. The molecule has 0 aromatic heterocycles. The summed E-state index contributed by atoms with van der Waals surface area (Å²) in [6.45, 7) is 0.0151. The number of hydrogen-bond acceptors (Lipinski definition) is 6. The molecule has 0 bridgehead atoms. The molecule has 0 saturated carbocycles. The van der Waals surface area contributed by atoms with Crippen LogP contribution in [0, 0.1) is 0 Å². The van der Waals surface area contributed by atoms with Crippen LogP contribution in [-0.2, 0) is 18.9 Å². The lowest BCUT2D eigenvalue weighted by molar-refractivity contribution is -0.364. The Kier molecular flexibility index (Phi) is 5.27. The molecule has 2 aliphatic rings. The number of rotatable bonds is 4. The van der Waals surface area contributed by atoms with Crippen LogP contribution < -0.4 is 0 Å². The molecule has 7 heteroatoms. The predicted octanol–water partition coefficient (Wildman–Crippen LogP) is 2.42. The zero-order chi connectivity index (χ0) is 19.7. The van der Waals surface area contributed by atoms with E-state index in [1.807, 2.05) is 18.2 Å². The fourth-order valence-electron chi connectivity index (χ4n) is 3.67. The molecule has 2 aromatic rings. The zero-order valence-corrected chi connectivity index (χ0v) is 15.2. The molecular weight excluding hydrogens is 367 g/mol. The number of alkyl halides is 1. The number of benzene rings is 2. The molecular formula is C21H21FO6. The van der Waals surface area contributed by atoms with Crippen LogP contribution in [0.15, 0.2) is 60.7 Å². The average molecular weight is 388 g/mol. The quantitative estimate of drug-likeness (QED) is 0.811. The van der Waals surface area contributed by atoms with E-state index in [1.165, 1.54) is 19.2 Å². The van der Waals surface area contributed by atoms with Crippen LogP contribution in [0.1, 0.15) is 22.2 Å². The Labute approximate surface area is 161 Å². The number of Topliss-reactive ketones (excluding diaryl/α,β-unsaturated/α-hetero) is 1. The number of hydrogen-bond donors (Lipinski definition) is 1. The van der Waals surface area contributed by atoms with Gasteiger partial charge < -0.3 is 24.1 Å². The highest BCUT2D eigenvalue weighted by Crippen LogP contribution is 2.42. The van der Waals surface area contributed by atoms with Gasteiger partial charge in [0.15, 0.2) is 30.1 Å². The molecule has 4 rings (SSSR count). The molecule has 0 aliphatic carbocycles. The van der Waals surface area contributed by atoms with Gasteiger partial charge in [0.2, 0.25) is 0 Å². The lowest BCUT2D eigenvalue weighted by atomic mass is 9.78. The van der Waals surface area contributed by atoms with Gasteiger partial charge in [0, 0.05) is 18.2 Å². The van der Waals surface area contributed by atoms with Crippen molar-refractivity contribution < 1.29 is 33.2 Å². The minimum Gasteiger partial charge on any atom is -0.376 e. The third-order valence-electron chi connectivity index (χ3n) is 5.13. The van der Waals surface area contributed by atoms with E-state index in [0.717, 1.165) is 0 Å². The summed E-state index contributed by atoms with van der Waals surface area (Å²) >= 11 is 0. The third kappa shape index (κ3) is 3.15. The predicted molar refractivity (Wildman–Crippen MR) is 96.3 cm³/mol. The maximum absolute atomic E-state index is 15.3. The fraction of sp³-hybridized carbons (Fsp3) is 0.381. The molecule has 148 valence electrons. The van der Waals surface area contributed by atoms with Crippen molar-refractivity contribution in [3.63, 3.8) is 0 Å². The fourth-order valence-corrected chi connectivity index (χ4v) is 3.67. The van der Waals surface area contributed by atoms with Crippen LogP contribution in [0.3, 0.4) is 0 Å². The van der Waals surface area contributed by atoms with E-state index >= 15 is 4.39 Å². The second-order valence-electron chi connectivity index (χ2n) is 6.83. The second-order valence-corrected chi connectivity index (χ2v) is 6.83. The van der Waals surface area contributed by atoms with Crippen molar-refractivity contribution in [3.05, 3.63) is 71.8 Å². The van der Waals surface area contributed by atoms with Crippen molar-refractivity contribution in [2.45, 2.75) is 36.6 Å². The van der Waals surface area contributed by atoms with Crippen molar-refractivity contribution in [2.75, 3.05) is 13.7 Å². The highest BCUT2D eigenvalue weighted by Gasteiger charge is 2.63. The van der Waals surface area contributed by atoms with Crippen LogP contribution >= 0.6 is 0 Å². The maximum atomic E-state index is 15.3. The number of carbonyl (C=O) groups is 1. The molecule has 6 nitrogen and oxygen atoms in total. The van der Waals surface area contributed by atoms with Gasteiger partial charge in [-0.15, -0.1) is 0 Å². The second kappa shape index (κ2) is 7.69. The highest BCUT2D eigenvalue weighted by molar-refractivity contribution is 6.03. The smallest absolute Gasteiger partial charge is 0.200 e. The van der Waals surface area contributed by atoms with Crippen LogP contribution in [0.5, 0.6) is 0 Å². The lowest BCUT2D eigenvalue weighted by Crippen LogP contribution is -2.71. The Bertz CT molecular complexity index is 816. The van der Waals surface area contributed by atoms with Crippen LogP contribution in [0.2, 0.25) is 0 Å². The molecule has 1 N–H and O–H groups in total. The minimum atomic E-state index is -2.48. The molecule has 0 spiro atoms. The van der Waals surface area contributed by atoms with Crippen molar-refractivity contribution >= 4 is 5.78 Å². The monoisotopic (exact) mass is 388 g/mol. The largest absolute Gasteiger partial charge is 0.376 e. The molecule has 2 fully saturated rings. The Balaban J connectivity index is 1.71. The molecule has 6 atom stereocenters. The zero-order valence-electron chi connectivity index (χ0n) is 15.2. The highest BCUT2D eigenvalue weighted by atomic mass is 19.1. The summed E-state index contributed by atoms with van der Waals surface area (Å²) in [5.41, 5.74) is -1.61. The number of methoxy groups -OCH3 is 1. The number of fused-ring (bicyclic) bond motifs is 1. The van der Waals surface area contributed by atoms with Crippen LogP contribution in [0.4, 0.5) is 4.39 Å². The van der Waals surface area contributed by atoms with Gasteiger partial charge in [-0.05, 0) is 0 Å². The lowest BCUT2D eigenvalue weighted by Gasteiger charge is -2.50. The summed E-state index contributed by atoms with van der Waals surface area (Å²) in [6, 6.07) is 17.1. The van der Waals surface area contributed by atoms with E-state index in [-0.39, 0.29) is 12.2 Å². The number of ketones is 1. The van der Waals surface area contributed by atoms with Crippen molar-refractivity contribution in [1.29, 1.82) is 0 Å². The summed E-state index contributed by atoms with van der Waals surface area (Å²) in [7, 11) is 1.25. The first-order valence-corrected chi connectivity index (χ1v) is 9.02. The first kappa shape index (κ1) is 19.2. The van der Waals surface area contributed by atoms with E-state index in [0.29, 0.717) is 5.56 Å². The minimum absolute atomic E-state index is 0.0151. The first-order chi connectivity index (χ1) is 13.6.